The Morgan fingerprint density at radius 3 is 2.55 bits per heavy atom. The molecule has 0 radical (unpaired) electrons. The van der Waals surface area contributed by atoms with E-state index in [1.54, 1.807) is 0 Å². The summed E-state index contributed by atoms with van der Waals surface area (Å²) in [5.74, 6) is 0.369. The molecule has 1 aromatic carbocycles. The topological polar surface area (TPSA) is 53.6 Å². The highest BCUT2D eigenvalue weighted by Gasteiger charge is 2.33. The van der Waals surface area contributed by atoms with Crippen LogP contribution in [0.15, 0.2) is 42.7 Å². The molecule has 4 nitrogen and oxygen atoms in total. The molecule has 0 aliphatic carbocycles. The van der Waals surface area contributed by atoms with Crippen molar-refractivity contribution in [3.63, 3.8) is 0 Å². The molecule has 7 heteroatoms. The maximum Gasteiger partial charge on any atom is 0.431 e. The Labute approximate surface area is 124 Å². The summed E-state index contributed by atoms with van der Waals surface area (Å²) in [7, 11) is 0. The maximum atomic E-state index is 12.8. The summed E-state index contributed by atoms with van der Waals surface area (Å²) in [6.07, 6.45) is -3.21. The van der Waals surface area contributed by atoms with Crippen LogP contribution in [0.5, 0.6) is 0 Å². The van der Waals surface area contributed by atoms with Crippen molar-refractivity contribution in [3.05, 3.63) is 54.0 Å². The molecule has 0 saturated carbocycles. The molecule has 0 aliphatic heterocycles. The van der Waals surface area contributed by atoms with Crippen molar-refractivity contribution in [3.8, 4) is 0 Å². The van der Waals surface area contributed by atoms with Crippen molar-refractivity contribution in [2.45, 2.75) is 19.1 Å². The summed E-state index contributed by atoms with van der Waals surface area (Å²) in [6.45, 7) is 1.92. The molecule has 0 fully saturated rings. The zero-order chi connectivity index (χ0) is 15.7. The van der Waals surface area contributed by atoms with E-state index in [0.29, 0.717) is 11.2 Å². The van der Waals surface area contributed by atoms with E-state index >= 15 is 0 Å². The minimum absolute atomic E-state index is 0.0939. The third-order valence-corrected chi connectivity index (χ3v) is 3.38. The Bertz CT molecular complexity index is 780. The quantitative estimate of drug-likeness (QED) is 0.764. The van der Waals surface area contributed by atoms with Crippen LogP contribution in [0.25, 0.3) is 11.0 Å². The normalized spacial score (nSPS) is 13.3. The lowest BCUT2D eigenvalue weighted by molar-refractivity contribution is -0.140. The van der Waals surface area contributed by atoms with Crippen LogP contribution in [-0.4, -0.2) is 15.0 Å². The van der Waals surface area contributed by atoms with Gasteiger partial charge in [-0.25, -0.2) is 9.97 Å². The molecule has 0 unspecified atom stereocenters. The van der Waals surface area contributed by atoms with Gasteiger partial charge in [0, 0.05) is 6.04 Å². The van der Waals surface area contributed by atoms with E-state index in [1.165, 1.54) is 6.33 Å². The second-order valence-electron chi connectivity index (χ2n) is 4.94. The smallest absolute Gasteiger partial charge is 0.363 e. The fraction of sp³-hybridized carbons (Fsp3) is 0.200. The molecule has 3 aromatic rings. The van der Waals surface area contributed by atoms with Crippen LogP contribution >= 0.6 is 0 Å². The Hall–Kier alpha value is -2.57. The van der Waals surface area contributed by atoms with Crippen LogP contribution in [0.3, 0.4) is 0 Å². The first-order chi connectivity index (χ1) is 10.4. The number of alkyl halides is 3. The van der Waals surface area contributed by atoms with Crippen molar-refractivity contribution in [2.75, 3.05) is 5.32 Å². The van der Waals surface area contributed by atoms with Crippen molar-refractivity contribution in [2.24, 2.45) is 0 Å². The number of hydrogen-bond donors (Lipinski definition) is 2. The molecule has 2 aromatic heterocycles. The summed E-state index contributed by atoms with van der Waals surface area (Å²) in [4.78, 5) is 10.2. The molecule has 3 rings (SSSR count). The third kappa shape index (κ3) is 2.74. The van der Waals surface area contributed by atoms with Crippen LogP contribution in [-0.2, 0) is 6.18 Å². The number of anilines is 1. The van der Waals surface area contributed by atoms with Crippen LogP contribution in [0.1, 0.15) is 24.2 Å². The standard InChI is InChI=1S/C15H13F3N4/c1-9(10-5-3-2-4-6-10)21-13-11-7-12(15(16,17)18)22-14(11)20-8-19-13/h2-9H,1H3,(H2,19,20,21,22)/t9-/m1/s1. The predicted molar refractivity (Wildman–Crippen MR) is 77.4 cm³/mol. The highest BCUT2D eigenvalue weighted by atomic mass is 19.4. The van der Waals surface area contributed by atoms with E-state index in [4.69, 9.17) is 0 Å². The van der Waals surface area contributed by atoms with Gasteiger partial charge in [0.1, 0.15) is 23.5 Å². The highest BCUT2D eigenvalue weighted by molar-refractivity contribution is 5.87. The SMILES string of the molecule is C[C@@H](Nc1ncnc2[nH]c(C(F)(F)F)cc12)c1ccccc1. The van der Waals surface area contributed by atoms with Gasteiger partial charge < -0.3 is 10.3 Å². The molecule has 0 amide bonds. The summed E-state index contributed by atoms with van der Waals surface area (Å²) < 4.78 is 38.4. The second kappa shape index (κ2) is 5.32. The highest BCUT2D eigenvalue weighted by Crippen LogP contribution is 2.33. The van der Waals surface area contributed by atoms with Gasteiger partial charge >= 0.3 is 6.18 Å². The van der Waals surface area contributed by atoms with Crippen molar-refractivity contribution < 1.29 is 13.2 Å². The summed E-state index contributed by atoms with van der Waals surface area (Å²) in [5, 5.41) is 3.44. The van der Waals surface area contributed by atoms with Crippen LogP contribution < -0.4 is 5.32 Å². The molecule has 2 heterocycles. The van der Waals surface area contributed by atoms with Crippen LogP contribution in [0.4, 0.5) is 19.0 Å². The average Bonchev–Trinajstić information content (AvgIpc) is 2.93. The number of aromatic amines is 1. The van der Waals surface area contributed by atoms with Gasteiger partial charge in [-0.1, -0.05) is 30.3 Å². The van der Waals surface area contributed by atoms with Gasteiger partial charge in [-0.05, 0) is 18.6 Å². The van der Waals surface area contributed by atoms with E-state index in [-0.39, 0.29) is 11.7 Å². The van der Waals surface area contributed by atoms with E-state index in [1.807, 2.05) is 37.3 Å². The number of H-pyrrole nitrogens is 1. The Balaban J connectivity index is 1.96. The lowest BCUT2D eigenvalue weighted by atomic mass is 10.1. The van der Waals surface area contributed by atoms with Crippen molar-refractivity contribution in [1.82, 2.24) is 15.0 Å². The van der Waals surface area contributed by atoms with E-state index in [9.17, 15) is 13.2 Å². The van der Waals surface area contributed by atoms with E-state index in [2.05, 4.69) is 20.3 Å². The van der Waals surface area contributed by atoms with Gasteiger partial charge in [0.2, 0.25) is 0 Å². The Kier molecular flexibility index (Phi) is 3.48. The molecule has 0 aliphatic rings. The number of nitrogens with one attached hydrogen (secondary N) is 2. The van der Waals surface area contributed by atoms with Gasteiger partial charge in [0.25, 0.3) is 0 Å². The summed E-state index contributed by atoms with van der Waals surface area (Å²) >= 11 is 0. The maximum absolute atomic E-state index is 12.8. The minimum atomic E-state index is -4.44. The molecule has 114 valence electrons. The average molecular weight is 306 g/mol. The van der Waals surface area contributed by atoms with Crippen LogP contribution in [0, 0.1) is 0 Å². The van der Waals surface area contributed by atoms with Gasteiger partial charge in [0.05, 0.1) is 5.39 Å². The number of hydrogen-bond acceptors (Lipinski definition) is 3. The van der Waals surface area contributed by atoms with E-state index < -0.39 is 11.9 Å². The van der Waals surface area contributed by atoms with Crippen LogP contribution in [0.2, 0.25) is 0 Å². The molecule has 0 saturated heterocycles. The predicted octanol–water partition coefficient (Wildman–Crippen LogP) is 4.15. The first-order valence-corrected chi connectivity index (χ1v) is 6.67. The molecule has 0 bridgehead atoms. The van der Waals surface area contributed by atoms with Gasteiger partial charge in [-0.3, -0.25) is 0 Å². The number of benzene rings is 1. The number of nitrogens with zero attached hydrogens (tertiary/aromatic N) is 2. The third-order valence-electron chi connectivity index (χ3n) is 3.38. The van der Waals surface area contributed by atoms with Crippen molar-refractivity contribution >= 4 is 16.9 Å². The largest absolute Gasteiger partial charge is 0.431 e. The second-order valence-corrected chi connectivity index (χ2v) is 4.94. The monoisotopic (exact) mass is 306 g/mol. The minimum Gasteiger partial charge on any atom is -0.363 e. The lowest BCUT2D eigenvalue weighted by Gasteiger charge is -2.15. The molecular formula is C15H13F3N4. The lowest BCUT2D eigenvalue weighted by Crippen LogP contribution is -2.08. The Morgan fingerprint density at radius 2 is 1.86 bits per heavy atom. The molecule has 22 heavy (non-hydrogen) atoms. The number of halogens is 3. The van der Waals surface area contributed by atoms with Gasteiger partial charge in [-0.2, -0.15) is 13.2 Å². The number of aromatic nitrogens is 3. The fourth-order valence-electron chi connectivity index (χ4n) is 2.24. The molecular weight excluding hydrogens is 293 g/mol. The van der Waals surface area contributed by atoms with E-state index in [0.717, 1.165) is 11.6 Å². The van der Waals surface area contributed by atoms with Gasteiger partial charge in [0.15, 0.2) is 0 Å². The Morgan fingerprint density at radius 1 is 1.14 bits per heavy atom. The van der Waals surface area contributed by atoms with Crippen molar-refractivity contribution in [1.29, 1.82) is 0 Å². The number of fused-ring (bicyclic) bond motifs is 1. The molecule has 0 spiro atoms. The zero-order valence-corrected chi connectivity index (χ0v) is 11.6. The summed E-state index contributed by atoms with van der Waals surface area (Å²) in [6, 6.07) is 10.5. The zero-order valence-electron chi connectivity index (χ0n) is 11.6. The van der Waals surface area contributed by atoms with Gasteiger partial charge in [-0.15, -0.1) is 0 Å². The molecule has 1 atom stereocenters. The first-order valence-electron chi connectivity index (χ1n) is 6.67. The first kappa shape index (κ1) is 14.4. The summed E-state index contributed by atoms with van der Waals surface area (Å²) in [5.41, 5.74) is 0.337. The fourth-order valence-corrected chi connectivity index (χ4v) is 2.24. The number of rotatable bonds is 3. The molecule has 2 N–H and O–H groups in total.